The highest BCUT2D eigenvalue weighted by Gasteiger charge is 2.35. The molecule has 14 heteroatoms. The Hall–Kier alpha value is -4.36. The van der Waals surface area contributed by atoms with Crippen LogP contribution < -0.4 is 5.32 Å². The second-order valence-electron chi connectivity index (χ2n) is 10.1. The molecule has 0 radical (unpaired) electrons. The molecule has 3 aromatic rings. The Morgan fingerprint density at radius 1 is 0.977 bits per heavy atom. The number of nitrogens with zero attached hydrogens (tertiary/aromatic N) is 3. The molecule has 0 atom stereocenters. The Balaban J connectivity index is 1.53. The quantitative estimate of drug-likeness (QED) is 0.218. The average molecular weight is 611 g/mol. The van der Waals surface area contributed by atoms with Crippen LogP contribution in [0.4, 0.5) is 42.8 Å². The minimum absolute atomic E-state index is 0.0475. The molecule has 43 heavy (non-hydrogen) atoms. The molecule has 1 aliphatic heterocycles. The first-order valence-electron chi connectivity index (χ1n) is 13.3. The zero-order valence-electron chi connectivity index (χ0n) is 22.9. The number of benzene rings is 2. The van der Waals surface area contributed by atoms with Crippen LogP contribution in [0, 0.1) is 0 Å². The third-order valence-electron chi connectivity index (χ3n) is 7.30. The average Bonchev–Trinajstić information content (AvgIpc) is 2.96. The summed E-state index contributed by atoms with van der Waals surface area (Å²) in [5, 5.41) is 12.0. The van der Waals surface area contributed by atoms with Gasteiger partial charge in [-0.3, -0.25) is 4.79 Å². The highest BCUT2D eigenvalue weighted by molar-refractivity contribution is 5.73. The number of likely N-dealkylation sites (tertiary alicyclic amines) is 1. The summed E-state index contributed by atoms with van der Waals surface area (Å²) in [5.41, 5.74) is -0.797. The molecule has 2 heterocycles. The fraction of sp³-hybridized carbons (Fsp3) is 0.379. The van der Waals surface area contributed by atoms with Crippen LogP contribution in [-0.2, 0) is 41.1 Å². The van der Waals surface area contributed by atoms with Gasteiger partial charge >= 0.3 is 24.4 Å². The van der Waals surface area contributed by atoms with Crippen molar-refractivity contribution in [2.45, 2.75) is 50.4 Å². The van der Waals surface area contributed by atoms with Gasteiger partial charge in [-0.1, -0.05) is 18.2 Å². The molecule has 0 saturated carbocycles. The van der Waals surface area contributed by atoms with Crippen LogP contribution in [0.5, 0.6) is 0 Å². The first kappa shape index (κ1) is 31.6. The molecule has 1 saturated heterocycles. The van der Waals surface area contributed by atoms with Crippen LogP contribution in [0.15, 0.2) is 48.7 Å². The maximum Gasteiger partial charge on any atom is 0.419 e. The number of carboxylic acid groups (broad SMARTS) is 1. The van der Waals surface area contributed by atoms with Crippen LogP contribution in [0.2, 0.25) is 0 Å². The maximum absolute atomic E-state index is 13.8. The fourth-order valence-electron chi connectivity index (χ4n) is 4.96. The number of ether oxygens (including phenoxy) is 1. The van der Waals surface area contributed by atoms with E-state index in [1.165, 1.54) is 4.90 Å². The van der Waals surface area contributed by atoms with E-state index in [4.69, 9.17) is 5.11 Å². The number of alkyl halides is 6. The fourth-order valence-corrected chi connectivity index (χ4v) is 4.96. The molecule has 0 unspecified atom stereocenters. The summed E-state index contributed by atoms with van der Waals surface area (Å²) in [7, 11) is 1.12. The molecule has 8 nitrogen and oxygen atoms in total. The number of aryl methyl sites for hydroxylation is 2. The number of carbonyl (C=O) groups excluding carboxylic acids is 1. The van der Waals surface area contributed by atoms with Gasteiger partial charge in [0.25, 0.3) is 0 Å². The second kappa shape index (κ2) is 12.9. The van der Waals surface area contributed by atoms with E-state index in [1.54, 1.807) is 12.1 Å². The van der Waals surface area contributed by atoms with Gasteiger partial charge in [0.2, 0.25) is 5.95 Å². The number of aromatic nitrogens is 2. The summed E-state index contributed by atoms with van der Waals surface area (Å²) < 4.78 is 86.0. The van der Waals surface area contributed by atoms with Crippen LogP contribution in [0.1, 0.15) is 52.3 Å². The van der Waals surface area contributed by atoms with Crippen molar-refractivity contribution < 1.29 is 45.8 Å². The van der Waals surface area contributed by atoms with Crippen molar-refractivity contribution in [1.29, 1.82) is 0 Å². The van der Waals surface area contributed by atoms with E-state index >= 15 is 0 Å². The number of carbonyl (C=O) groups is 2. The first-order valence-corrected chi connectivity index (χ1v) is 13.3. The van der Waals surface area contributed by atoms with Crippen molar-refractivity contribution in [3.05, 3.63) is 82.2 Å². The lowest BCUT2D eigenvalue weighted by atomic mass is 9.89. The molecule has 2 N–H and O–H groups in total. The lowest BCUT2D eigenvalue weighted by Crippen LogP contribution is -2.36. The highest BCUT2D eigenvalue weighted by atomic mass is 19.4. The van der Waals surface area contributed by atoms with Crippen molar-refractivity contribution in [3.63, 3.8) is 0 Å². The van der Waals surface area contributed by atoms with Gasteiger partial charge in [0.05, 0.1) is 30.4 Å². The SMILES string of the molecule is COC(=O)Cc1ccc(C(F)(F)F)cc1CCc1nc(Nc2ccc(C3CCN(C(=O)O)CC3)cc2)ncc1C(F)(F)F. The van der Waals surface area contributed by atoms with Gasteiger partial charge in [-0.25, -0.2) is 14.8 Å². The lowest BCUT2D eigenvalue weighted by Gasteiger charge is -2.30. The number of esters is 1. The number of amides is 1. The van der Waals surface area contributed by atoms with Crippen LogP contribution in [0.3, 0.4) is 0 Å². The number of rotatable bonds is 8. The topological polar surface area (TPSA) is 105 Å². The second-order valence-corrected chi connectivity index (χ2v) is 10.1. The Kier molecular flexibility index (Phi) is 9.46. The summed E-state index contributed by atoms with van der Waals surface area (Å²) in [5.74, 6) is -0.676. The number of hydrogen-bond donors (Lipinski definition) is 2. The number of piperidine rings is 1. The first-order chi connectivity index (χ1) is 20.2. The van der Waals surface area contributed by atoms with Gasteiger partial charge in [0, 0.05) is 25.0 Å². The normalized spacial score (nSPS) is 14.4. The van der Waals surface area contributed by atoms with Crippen LogP contribution >= 0.6 is 0 Å². The van der Waals surface area contributed by atoms with Gasteiger partial charge in [-0.05, 0) is 72.6 Å². The van der Waals surface area contributed by atoms with E-state index in [2.05, 4.69) is 20.0 Å². The third kappa shape index (κ3) is 8.14. The van der Waals surface area contributed by atoms with Gasteiger partial charge in [-0.2, -0.15) is 26.3 Å². The molecular formula is C29H28F6N4O4. The number of nitrogens with one attached hydrogen (secondary N) is 1. The van der Waals surface area contributed by atoms with Crippen molar-refractivity contribution in [2.24, 2.45) is 0 Å². The monoisotopic (exact) mass is 610 g/mol. The number of halogens is 6. The molecule has 2 aromatic carbocycles. The molecule has 1 fully saturated rings. The summed E-state index contributed by atoms with van der Waals surface area (Å²) in [4.78, 5) is 32.1. The lowest BCUT2D eigenvalue weighted by molar-refractivity contribution is -0.140. The predicted molar refractivity (Wildman–Crippen MR) is 143 cm³/mol. The molecule has 1 aliphatic rings. The molecule has 0 spiro atoms. The predicted octanol–water partition coefficient (Wildman–Crippen LogP) is 6.62. The van der Waals surface area contributed by atoms with Crippen molar-refractivity contribution >= 4 is 23.7 Å². The molecular weight excluding hydrogens is 582 g/mol. The Labute approximate surface area is 242 Å². The minimum atomic E-state index is -4.81. The molecule has 1 aromatic heterocycles. The molecule has 0 aliphatic carbocycles. The van der Waals surface area contributed by atoms with Crippen molar-refractivity contribution in [3.8, 4) is 0 Å². The van der Waals surface area contributed by atoms with Crippen LogP contribution in [0.25, 0.3) is 0 Å². The molecule has 4 rings (SSSR count). The minimum Gasteiger partial charge on any atom is -0.469 e. The van der Waals surface area contributed by atoms with E-state index in [0.717, 1.165) is 30.9 Å². The Bertz CT molecular complexity index is 1450. The van der Waals surface area contributed by atoms with Gasteiger partial charge in [-0.15, -0.1) is 0 Å². The van der Waals surface area contributed by atoms with E-state index in [9.17, 15) is 35.9 Å². The zero-order valence-corrected chi connectivity index (χ0v) is 22.9. The smallest absolute Gasteiger partial charge is 0.419 e. The van der Waals surface area contributed by atoms with Gasteiger partial charge in [0.15, 0.2) is 0 Å². The third-order valence-corrected chi connectivity index (χ3v) is 7.30. The number of methoxy groups -OCH3 is 1. The van der Waals surface area contributed by atoms with Crippen molar-refractivity contribution in [1.82, 2.24) is 14.9 Å². The zero-order chi connectivity index (χ0) is 31.4. The molecule has 1 amide bonds. The van der Waals surface area contributed by atoms with Crippen LogP contribution in [-0.4, -0.2) is 52.2 Å². The van der Waals surface area contributed by atoms with Gasteiger partial charge < -0.3 is 20.1 Å². The van der Waals surface area contributed by atoms with E-state index in [1.807, 2.05) is 12.1 Å². The molecule has 230 valence electrons. The largest absolute Gasteiger partial charge is 0.469 e. The van der Waals surface area contributed by atoms with E-state index in [-0.39, 0.29) is 42.3 Å². The maximum atomic E-state index is 13.8. The highest BCUT2D eigenvalue weighted by Crippen LogP contribution is 2.34. The van der Waals surface area contributed by atoms with E-state index in [0.29, 0.717) is 37.8 Å². The number of anilines is 2. The summed E-state index contributed by atoms with van der Waals surface area (Å²) >= 11 is 0. The Morgan fingerprint density at radius 2 is 1.65 bits per heavy atom. The summed E-state index contributed by atoms with van der Waals surface area (Å²) in [6.45, 7) is 0.847. The van der Waals surface area contributed by atoms with Crippen molar-refractivity contribution in [2.75, 3.05) is 25.5 Å². The summed E-state index contributed by atoms with van der Waals surface area (Å²) in [6, 6.07) is 9.84. The number of hydrogen-bond acceptors (Lipinski definition) is 6. The molecule has 0 bridgehead atoms. The standard InChI is InChI=1S/C29H28F6N4O4/c1-43-25(40)15-20-2-6-21(28(30,31)32)14-19(20)5-9-24-23(29(33,34)35)16-36-26(38-24)37-22-7-3-17(4-8-22)18-10-12-39(13-11-18)27(41)42/h2-4,6-8,14,16,18H,5,9-13,15H2,1H3,(H,41,42)(H,36,37,38). The summed E-state index contributed by atoms with van der Waals surface area (Å²) in [6.07, 6.45) is -9.49. The van der Waals surface area contributed by atoms with E-state index < -0.39 is 41.2 Å². The van der Waals surface area contributed by atoms with Gasteiger partial charge in [0.1, 0.15) is 0 Å². The Morgan fingerprint density at radius 3 is 2.23 bits per heavy atom.